The lowest BCUT2D eigenvalue weighted by molar-refractivity contribution is -0.124. The Morgan fingerprint density at radius 1 is 1.30 bits per heavy atom. The minimum absolute atomic E-state index is 0.193. The number of nitrogens with zero attached hydrogens (tertiary/aromatic N) is 3. The van der Waals surface area contributed by atoms with Gasteiger partial charge >= 0.3 is 0 Å². The minimum atomic E-state index is 0.193. The molecule has 2 fully saturated rings. The molecule has 2 atom stereocenters. The van der Waals surface area contributed by atoms with Gasteiger partial charge in [0.25, 0.3) is 0 Å². The van der Waals surface area contributed by atoms with Gasteiger partial charge in [0, 0.05) is 31.1 Å². The predicted molar refractivity (Wildman–Crippen MR) is 77.4 cm³/mol. The summed E-state index contributed by atoms with van der Waals surface area (Å²) < 4.78 is 0. The van der Waals surface area contributed by atoms with Crippen LogP contribution in [0.2, 0.25) is 0 Å². The van der Waals surface area contributed by atoms with Crippen molar-refractivity contribution in [3.8, 4) is 0 Å². The van der Waals surface area contributed by atoms with Crippen LogP contribution in [0.25, 0.3) is 0 Å². The summed E-state index contributed by atoms with van der Waals surface area (Å²) in [6.45, 7) is 5.67. The number of hydrogen-bond donors (Lipinski definition) is 2. The molecule has 0 saturated carbocycles. The van der Waals surface area contributed by atoms with Gasteiger partial charge in [0.15, 0.2) is 0 Å². The van der Waals surface area contributed by atoms with Crippen LogP contribution in [0.1, 0.15) is 30.7 Å². The molecule has 1 amide bonds. The van der Waals surface area contributed by atoms with Gasteiger partial charge in [0.05, 0.1) is 0 Å². The number of nitrogen functional groups attached to an aromatic ring is 1. The lowest BCUT2D eigenvalue weighted by atomic mass is 9.85. The molecule has 2 aliphatic rings. The van der Waals surface area contributed by atoms with Crippen molar-refractivity contribution in [2.24, 2.45) is 5.92 Å². The zero-order valence-electron chi connectivity index (χ0n) is 12.0. The Balaban J connectivity index is 1.81. The van der Waals surface area contributed by atoms with Crippen LogP contribution < -0.4 is 16.0 Å². The smallest absolute Gasteiger partial charge is 0.220 e. The number of aromatic nitrogens is 2. The number of hydrogen-bond acceptors (Lipinski definition) is 5. The van der Waals surface area contributed by atoms with E-state index in [2.05, 4.69) is 20.2 Å². The third-order valence-corrected chi connectivity index (χ3v) is 4.39. The molecule has 3 N–H and O–H groups in total. The number of rotatable bonds is 1. The summed E-state index contributed by atoms with van der Waals surface area (Å²) >= 11 is 0. The van der Waals surface area contributed by atoms with Gasteiger partial charge in [-0.3, -0.25) is 4.79 Å². The molecular formula is C14H21N5O. The summed E-state index contributed by atoms with van der Waals surface area (Å²) in [7, 11) is 0. The van der Waals surface area contributed by atoms with E-state index in [4.69, 9.17) is 5.73 Å². The molecule has 2 unspecified atom stereocenters. The van der Waals surface area contributed by atoms with Crippen molar-refractivity contribution in [3.05, 3.63) is 11.4 Å². The van der Waals surface area contributed by atoms with Crippen molar-refractivity contribution in [2.75, 3.05) is 23.7 Å². The maximum Gasteiger partial charge on any atom is 0.220 e. The second-order valence-electron chi connectivity index (χ2n) is 5.81. The summed E-state index contributed by atoms with van der Waals surface area (Å²) in [5, 5.41) is 3.10. The SMILES string of the molecule is Cc1nc(N)c(C)c(N2CCC3NC(=O)CCC3C2)n1. The van der Waals surface area contributed by atoms with E-state index in [1.54, 1.807) is 0 Å². The van der Waals surface area contributed by atoms with E-state index in [0.717, 1.165) is 37.3 Å². The first-order valence-corrected chi connectivity index (χ1v) is 7.19. The van der Waals surface area contributed by atoms with Crippen LogP contribution in [0.4, 0.5) is 11.6 Å². The highest BCUT2D eigenvalue weighted by molar-refractivity contribution is 5.77. The van der Waals surface area contributed by atoms with Gasteiger partial charge in [0.2, 0.25) is 5.91 Å². The molecule has 3 rings (SSSR count). The van der Waals surface area contributed by atoms with Gasteiger partial charge in [-0.1, -0.05) is 0 Å². The normalized spacial score (nSPS) is 26.1. The van der Waals surface area contributed by atoms with Crippen molar-refractivity contribution in [3.63, 3.8) is 0 Å². The number of nitrogens with two attached hydrogens (primary N) is 1. The Morgan fingerprint density at radius 2 is 2.10 bits per heavy atom. The molecular weight excluding hydrogens is 254 g/mol. The van der Waals surface area contributed by atoms with E-state index in [-0.39, 0.29) is 5.91 Å². The van der Waals surface area contributed by atoms with Crippen molar-refractivity contribution >= 4 is 17.5 Å². The quantitative estimate of drug-likeness (QED) is 0.791. The van der Waals surface area contributed by atoms with Crippen molar-refractivity contribution in [1.29, 1.82) is 0 Å². The number of aryl methyl sites for hydroxylation is 1. The van der Waals surface area contributed by atoms with Crippen LogP contribution in [-0.2, 0) is 4.79 Å². The molecule has 2 aliphatic heterocycles. The Morgan fingerprint density at radius 3 is 2.90 bits per heavy atom. The average molecular weight is 275 g/mol. The fourth-order valence-electron chi connectivity index (χ4n) is 3.25. The Labute approximate surface area is 118 Å². The first-order chi connectivity index (χ1) is 9.54. The lowest BCUT2D eigenvalue weighted by Gasteiger charge is -2.42. The zero-order valence-corrected chi connectivity index (χ0v) is 12.0. The molecule has 0 aromatic carbocycles. The second-order valence-corrected chi connectivity index (χ2v) is 5.81. The summed E-state index contributed by atoms with van der Waals surface area (Å²) in [6, 6.07) is 0.327. The Kier molecular flexibility index (Phi) is 3.23. The van der Waals surface area contributed by atoms with E-state index >= 15 is 0 Å². The summed E-state index contributed by atoms with van der Waals surface area (Å²) in [4.78, 5) is 22.5. The second kappa shape index (κ2) is 4.92. The Bertz CT molecular complexity index is 545. The molecule has 6 nitrogen and oxygen atoms in total. The van der Waals surface area contributed by atoms with Crippen LogP contribution in [-0.4, -0.2) is 35.0 Å². The highest BCUT2D eigenvalue weighted by Crippen LogP contribution is 2.30. The summed E-state index contributed by atoms with van der Waals surface area (Å²) in [5.41, 5.74) is 6.90. The number of carbonyl (C=O) groups is 1. The van der Waals surface area contributed by atoms with Crippen LogP contribution in [0.3, 0.4) is 0 Å². The van der Waals surface area contributed by atoms with Gasteiger partial charge < -0.3 is 16.0 Å². The number of amides is 1. The molecule has 3 heterocycles. The third kappa shape index (κ3) is 2.30. The van der Waals surface area contributed by atoms with Gasteiger partial charge in [0.1, 0.15) is 17.5 Å². The largest absolute Gasteiger partial charge is 0.383 e. The standard InChI is InChI=1S/C14H21N5O/c1-8-13(15)16-9(2)17-14(8)19-6-5-11-10(7-19)3-4-12(20)18-11/h10-11H,3-7H2,1-2H3,(H,18,20)(H2,15,16,17). The van der Waals surface area contributed by atoms with Crippen LogP contribution in [0.5, 0.6) is 0 Å². The van der Waals surface area contributed by atoms with Crippen molar-refractivity contribution in [1.82, 2.24) is 15.3 Å². The molecule has 0 aliphatic carbocycles. The van der Waals surface area contributed by atoms with Gasteiger partial charge in [-0.2, -0.15) is 0 Å². The molecule has 2 saturated heterocycles. The third-order valence-electron chi connectivity index (χ3n) is 4.39. The lowest BCUT2D eigenvalue weighted by Crippen LogP contribution is -2.54. The topological polar surface area (TPSA) is 84.1 Å². The minimum Gasteiger partial charge on any atom is -0.383 e. The van der Waals surface area contributed by atoms with Crippen LogP contribution in [0.15, 0.2) is 0 Å². The van der Waals surface area contributed by atoms with Crippen LogP contribution in [0, 0.1) is 19.8 Å². The predicted octanol–water partition coefficient (Wildman–Crippen LogP) is 0.781. The van der Waals surface area contributed by atoms with Crippen molar-refractivity contribution in [2.45, 2.75) is 39.2 Å². The van der Waals surface area contributed by atoms with E-state index in [9.17, 15) is 4.79 Å². The highest BCUT2D eigenvalue weighted by Gasteiger charge is 2.34. The number of nitrogens with one attached hydrogen (secondary N) is 1. The maximum atomic E-state index is 11.5. The number of fused-ring (bicyclic) bond motifs is 1. The van der Waals surface area contributed by atoms with E-state index in [1.807, 2.05) is 13.8 Å². The molecule has 20 heavy (non-hydrogen) atoms. The van der Waals surface area contributed by atoms with E-state index in [0.29, 0.717) is 30.0 Å². The van der Waals surface area contributed by atoms with E-state index in [1.165, 1.54) is 0 Å². The average Bonchev–Trinajstić information content (AvgIpc) is 2.42. The molecule has 1 aromatic heterocycles. The monoisotopic (exact) mass is 275 g/mol. The fraction of sp³-hybridized carbons (Fsp3) is 0.643. The number of carbonyl (C=O) groups excluding carboxylic acids is 1. The molecule has 0 spiro atoms. The number of piperidine rings is 2. The molecule has 1 aromatic rings. The molecule has 0 radical (unpaired) electrons. The van der Waals surface area contributed by atoms with E-state index < -0.39 is 0 Å². The van der Waals surface area contributed by atoms with Crippen molar-refractivity contribution < 1.29 is 4.79 Å². The van der Waals surface area contributed by atoms with Gasteiger partial charge in [-0.15, -0.1) is 0 Å². The fourth-order valence-corrected chi connectivity index (χ4v) is 3.25. The molecule has 6 heteroatoms. The highest BCUT2D eigenvalue weighted by atomic mass is 16.1. The van der Waals surface area contributed by atoms with Gasteiger partial charge in [-0.05, 0) is 32.6 Å². The first kappa shape index (κ1) is 13.1. The maximum absolute atomic E-state index is 11.5. The van der Waals surface area contributed by atoms with Crippen LogP contribution >= 0.6 is 0 Å². The number of anilines is 2. The summed E-state index contributed by atoms with van der Waals surface area (Å²) in [6.07, 6.45) is 2.57. The molecule has 0 bridgehead atoms. The Hall–Kier alpha value is -1.85. The zero-order chi connectivity index (χ0) is 14.3. The van der Waals surface area contributed by atoms with Gasteiger partial charge in [-0.25, -0.2) is 9.97 Å². The summed E-state index contributed by atoms with van der Waals surface area (Å²) in [5.74, 6) is 2.93. The molecule has 108 valence electrons. The first-order valence-electron chi connectivity index (χ1n) is 7.19.